The normalized spacial score (nSPS) is 18.2. The molecule has 3 heterocycles. The Morgan fingerprint density at radius 1 is 0.972 bits per heavy atom. The fourth-order valence-electron chi connectivity index (χ4n) is 5.58. The van der Waals surface area contributed by atoms with Gasteiger partial charge in [-0.15, -0.1) is 0 Å². The molecule has 0 aliphatic heterocycles. The van der Waals surface area contributed by atoms with Gasteiger partial charge >= 0.3 is 0 Å². The quantitative estimate of drug-likeness (QED) is 0.237. The Morgan fingerprint density at radius 3 is 2.39 bits per heavy atom. The van der Waals surface area contributed by atoms with E-state index in [1.165, 1.54) is 0 Å². The Morgan fingerprint density at radius 2 is 1.67 bits per heavy atom. The van der Waals surface area contributed by atoms with Crippen LogP contribution in [0, 0.1) is 12.3 Å². The van der Waals surface area contributed by atoms with Crippen molar-refractivity contribution in [3.63, 3.8) is 0 Å². The van der Waals surface area contributed by atoms with Gasteiger partial charge in [-0.05, 0) is 67.2 Å². The van der Waals surface area contributed by atoms with Crippen LogP contribution in [0.5, 0.6) is 0 Å². The van der Waals surface area contributed by atoms with Gasteiger partial charge in [-0.2, -0.15) is 0 Å². The molecule has 0 amide bonds. The lowest BCUT2D eigenvalue weighted by Gasteiger charge is -2.34. The number of oxazole rings is 1. The molecule has 4 nitrogen and oxygen atoms in total. The SMILES string of the molecule is [2H]C1(c2cc[n+](C)c(-c3c(C)ccc4c3oc3c4ccc4nc(C(C)(C)C)oc43)c2)CCC(C)(C)CC1. The number of hydrogen-bond donors (Lipinski definition) is 0. The molecule has 1 fully saturated rings. The van der Waals surface area contributed by atoms with Crippen molar-refractivity contribution in [2.24, 2.45) is 12.5 Å². The molecular weight excluding hydrogens is 444 g/mol. The van der Waals surface area contributed by atoms with Gasteiger partial charge in [0.25, 0.3) is 0 Å². The highest BCUT2D eigenvalue weighted by atomic mass is 16.4. The number of hydrogen-bond acceptors (Lipinski definition) is 3. The summed E-state index contributed by atoms with van der Waals surface area (Å²) in [5.41, 5.74) is 7.63. The summed E-state index contributed by atoms with van der Waals surface area (Å²) in [5.74, 6) is 0.159. The molecule has 4 heteroatoms. The maximum atomic E-state index is 9.36. The van der Waals surface area contributed by atoms with Gasteiger partial charge in [0.1, 0.15) is 18.1 Å². The van der Waals surface area contributed by atoms with Crippen LogP contribution in [0.4, 0.5) is 0 Å². The number of pyridine rings is 1. The predicted octanol–water partition coefficient (Wildman–Crippen LogP) is 8.51. The first kappa shape index (κ1) is 22.1. The Bertz CT molecular complexity index is 1670. The summed E-state index contributed by atoms with van der Waals surface area (Å²) in [6.45, 7) is 13.1. The lowest BCUT2D eigenvalue weighted by atomic mass is 9.71. The van der Waals surface area contributed by atoms with Crippen LogP contribution >= 0.6 is 0 Å². The molecule has 6 rings (SSSR count). The fourth-order valence-corrected chi connectivity index (χ4v) is 5.58. The summed E-state index contributed by atoms with van der Waals surface area (Å²) in [6, 6.07) is 12.8. The number of aryl methyl sites for hydroxylation is 2. The second kappa shape index (κ2) is 7.93. The zero-order valence-electron chi connectivity index (χ0n) is 23.6. The molecule has 36 heavy (non-hydrogen) atoms. The largest absolute Gasteiger partial charge is 0.451 e. The summed E-state index contributed by atoms with van der Waals surface area (Å²) >= 11 is 0. The van der Waals surface area contributed by atoms with E-state index in [2.05, 4.69) is 89.7 Å². The van der Waals surface area contributed by atoms with Crippen molar-refractivity contribution < 1.29 is 14.8 Å². The van der Waals surface area contributed by atoms with Crippen molar-refractivity contribution in [1.82, 2.24) is 4.98 Å². The topological polar surface area (TPSA) is 43.0 Å². The minimum atomic E-state index is -0.552. The second-order valence-electron chi connectivity index (χ2n) is 12.5. The first-order valence-corrected chi connectivity index (χ1v) is 13.1. The molecule has 0 saturated heterocycles. The van der Waals surface area contributed by atoms with E-state index in [-0.39, 0.29) is 5.41 Å². The van der Waals surface area contributed by atoms with Gasteiger partial charge in [0.15, 0.2) is 17.4 Å². The zero-order chi connectivity index (χ0) is 26.3. The molecule has 0 bridgehead atoms. The van der Waals surface area contributed by atoms with Gasteiger partial charge < -0.3 is 8.83 Å². The summed E-state index contributed by atoms with van der Waals surface area (Å²) in [5, 5.41) is 2.10. The number of aromatic nitrogens is 2. The maximum absolute atomic E-state index is 9.36. The minimum Gasteiger partial charge on any atom is -0.451 e. The van der Waals surface area contributed by atoms with Crippen LogP contribution in [-0.4, -0.2) is 4.98 Å². The zero-order valence-corrected chi connectivity index (χ0v) is 22.6. The average Bonchev–Trinajstić information content (AvgIpc) is 3.43. The van der Waals surface area contributed by atoms with E-state index < -0.39 is 5.89 Å². The third-order valence-corrected chi connectivity index (χ3v) is 8.04. The number of benzene rings is 2. The van der Waals surface area contributed by atoms with E-state index >= 15 is 0 Å². The molecule has 1 aliphatic rings. The van der Waals surface area contributed by atoms with Crippen molar-refractivity contribution >= 4 is 33.0 Å². The van der Waals surface area contributed by atoms with E-state index in [4.69, 9.17) is 13.8 Å². The Balaban J connectivity index is 1.56. The van der Waals surface area contributed by atoms with Crippen molar-refractivity contribution in [2.75, 3.05) is 0 Å². The monoisotopic (exact) mass is 482 g/mol. The molecule has 1 aliphatic carbocycles. The van der Waals surface area contributed by atoms with Crippen LogP contribution in [0.3, 0.4) is 0 Å². The van der Waals surface area contributed by atoms with Crippen LogP contribution in [0.25, 0.3) is 44.3 Å². The lowest BCUT2D eigenvalue weighted by molar-refractivity contribution is -0.660. The van der Waals surface area contributed by atoms with Gasteiger partial charge in [0.2, 0.25) is 11.6 Å². The van der Waals surface area contributed by atoms with Crippen molar-refractivity contribution in [2.45, 2.75) is 78.5 Å². The number of nitrogens with zero attached hydrogens (tertiary/aromatic N) is 2. The molecule has 0 unspecified atom stereocenters. The number of rotatable bonds is 2. The maximum Gasteiger partial charge on any atom is 0.216 e. The molecule has 0 spiro atoms. The highest BCUT2D eigenvalue weighted by molar-refractivity contribution is 6.15. The lowest BCUT2D eigenvalue weighted by Crippen LogP contribution is -2.31. The van der Waals surface area contributed by atoms with Gasteiger partial charge in [-0.25, -0.2) is 9.55 Å². The highest BCUT2D eigenvalue weighted by Crippen LogP contribution is 2.44. The van der Waals surface area contributed by atoms with Crippen molar-refractivity contribution in [3.8, 4) is 11.3 Å². The summed E-state index contributed by atoms with van der Waals surface area (Å²) in [7, 11) is 2.07. The highest BCUT2D eigenvalue weighted by Gasteiger charge is 2.30. The number of furan rings is 1. The molecule has 3 aromatic heterocycles. The average molecular weight is 483 g/mol. The Kier molecular flexibility index (Phi) is 4.86. The first-order valence-electron chi connectivity index (χ1n) is 13.6. The first-order chi connectivity index (χ1) is 17.4. The van der Waals surface area contributed by atoms with Crippen LogP contribution in [0.15, 0.2) is 51.4 Å². The third-order valence-electron chi connectivity index (χ3n) is 8.04. The van der Waals surface area contributed by atoms with Crippen LogP contribution in [0.2, 0.25) is 0 Å². The predicted molar refractivity (Wildman–Crippen MR) is 146 cm³/mol. The molecule has 0 radical (unpaired) electrons. The van der Waals surface area contributed by atoms with Crippen LogP contribution < -0.4 is 4.57 Å². The van der Waals surface area contributed by atoms with Crippen LogP contribution in [0.1, 0.15) is 84.6 Å². The summed E-state index contributed by atoms with van der Waals surface area (Å²) in [4.78, 5) is 4.75. The third kappa shape index (κ3) is 3.73. The van der Waals surface area contributed by atoms with Gasteiger partial charge in [0, 0.05) is 29.7 Å². The molecule has 2 aromatic carbocycles. The molecule has 186 valence electrons. The van der Waals surface area contributed by atoms with E-state index in [0.29, 0.717) is 16.9 Å². The fraction of sp³-hybridized carbons (Fsp3) is 0.438. The molecule has 0 N–H and O–H groups in total. The standard InChI is InChI=1S/C32H37N2O2/c1-19-8-9-22-23-10-11-24-29(36-30(33-24)31(2,3)4)28(23)35-27(22)26(19)25-18-21(14-17-34(25)7)20-12-15-32(5,6)16-13-20/h8-11,14,17-18,20H,12-13,15-16H2,1-7H3/q+1/i20D. The number of fused-ring (bicyclic) bond motifs is 5. The van der Waals surface area contributed by atoms with Gasteiger partial charge in [0.05, 0.1) is 5.56 Å². The van der Waals surface area contributed by atoms with E-state index in [0.717, 1.165) is 75.5 Å². The molecule has 1 saturated carbocycles. The van der Waals surface area contributed by atoms with E-state index in [1.807, 2.05) is 6.07 Å². The second-order valence-corrected chi connectivity index (χ2v) is 12.5. The van der Waals surface area contributed by atoms with Gasteiger partial charge in [-0.1, -0.05) is 46.8 Å². The van der Waals surface area contributed by atoms with E-state index in [9.17, 15) is 1.37 Å². The molecular formula is C32H37N2O2+. The smallest absolute Gasteiger partial charge is 0.216 e. The van der Waals surface area contributed by atoms with Crippen molar-refractivity contribution in [1.29, 1.82) is 0 Å². The minimum absolute atomic E-state index is 0.187. The van der Waals surface area contributed by atoms with Gasteiger partial charge in [-0.3, -0.25) is 0 Å². The molecule has 0 atom stereocenters. The van der Waals surface area contributed by atoms with E-state index in [1.54, 1.807) is 0 Å². The van der Waals surface area contributed by atoms with Crippen molar-refractivity contribution in [3.05, 3.63) is 59.6 Å². The molecule has 5 aromatic rings. The summed E-state index contributed by atoms with van der Waals surface area (Å²) < 4.78 is 24.4. The summed E-state index contributed by atoms with van der Waals surface area (Å²) in [6.07, 6.45) is 6.04. The Labute approximate surface area is 214 Å². The van der Waals surface area contributed by atoms with Crippen LogP contribution in [-0.2, 0) is 12.5 Å². The Hall–Kier alpha value is -3.14.